The predicted molar refractivity (Wildman–Crippen MR) is 123 cm³/mol. The summed E-state index contributed by atoms with van der Waals surface area (Å²) in [5.41, 5.74) is 1.87. The van der Waals surface area contributed by atoms with Crippen molar-refractivity contribution >= 4 is 56.7 Å². The van der Waals surface area contributed by atoms with Crippen LogP contribution < -0.4 is 10.6 Å². The van der Waals surface area contributed by atoms with Crippen molar-refractivity contribution in [3.05, 3.63) is 47.4 Å². The van der Waals surface area contributed by atoms with Crippen LogP contribution in [0, 0.1) is 0 Å². The topological polar surface area (TPSA) is 144 Å². The van der Waals surface area contributed by atoms with Crippen LogP contribution in [0.5, 0.6) is 0 Å². The van der Waals surface area contributed by atoms with Crippen molar-refractivity contribution in [3.63, 3.8) is 0 Å². The molecule has 14 heteroatoms. The molecule has 1 amide bonds. The van der Waals surface area contributed by atoms with Crippen LogP contribution in [0.25, 0.3) is 10.1 Å². The molecular weight excluding hydrogens is 497 g/mol. The highest BCUT2D eigenvalue weighted by Crippen LogP contribution is 2.31. The van der Waals surface area contributed by atoms with Crippen molar-refractivity contribution < 1.29 is 37.8 Å². The fourth-order valence-corrected chi connectivity index (χ4v) is 4.08. The van der Waals surface area contributed by atoms with Crippen LogP contribution in [0.2, 0.25) is 0 Å². The van der Waals surface area contributed by atoms with Gasteiger partial charge in [0.1, 0.15) is 6.04 Å². The highest BCUT2D eigenvalue weighted by Gasteiger charge is 2.38. The molecule has 0 aliphatic carbocycles. The van der Waals surface area contributed by atoms with Gasteiger partial charge in [-0.05, 0) is 36.6 Å². The first kappa shape index (κ1) is 27.0. The number of carbonyl (C=O) groups is 3. The maximum Gasteiger partial charge on any atom is 0.490 e. The molecule has 0 bridgehead atoms. The Morgan fingerprint density at radius 1 is 1.26 bits per heavy atom. The van der Waals surface area contributed by atoms with E-state index in [9.17, 15) is 27.9 Å². The number of rotatable bonds is 9. The minimum atomic E-state index is -5.08. The number of imidazole rings is 1. The van der Waals surface area contributed by atoms with Crippen molar-refractivity contribution in [1.82, 2.24) is 15.3 Å². The van der Waals surface area contributed by atoms with Crippen molar-refractivity contribution in [2.24, 2.45) is 0 Å². The number of aliphatic carboxylic acids is 2. The van der Waals surface area contributed by atoms with Gasteiger partial charge in [0.25, 0.3) is 5.91 Å². The Kier molecular flexibility index (Phi) is 9.74. The van der Waals surface area contributed by atoms with Crippen LogP contribution in [0.15, 0.2) is 36.8 Å². The number of thiophene rings is 1. The molecule has 0 aliphatic heterocycles. The van der Waals surface area contributed by atoms with Gasteiger partial charge >= 0.3 is 18.1 Å². The number of carbonyl (C=O) groups excluding carboxylic acids is 1. The Morgan fingerprint density at radius 2 is 1.97 bits per heavy atom. The Bertz CT molecular complexity index is 1120. The van der Waals surface area contributed by atoms with Crippen LogP contribution in [0.4, 0.5) is 18.9 Å². The molecule has 3 aromatic rings. The molecule has 5 N–H and O–H groups in total. The predicted octanol–water partition coefficient (Wildman–Crippen LogP) is 3.81. The van der Waals surface area contributed by atoms with E-state index >= 15 is 0 Å². The number of alkyl halides is 3. The number of hydrogen-bond donors (Lipinski definition) is 5. The summed E-state index contributed by atoms with van der Waals surface area (Å²) in [5.74, 6) is -3.46. The second-order valence-corrected chi connectivity index (χ2v) is 8.78. The molecule has 1 aromatic carbocycles. The summed E-state index contributed by atoms with van der Waals surface area (Å²) < 4.78 is 32.7. The number of H-pyrrole nitrogens is 1. The van der Waals surface area contributed by atoms with Crippen molar-refractivity contribution in [1.29, 1.82) is 0 Å². The maximum atomic E-state index is 12.5. The summed E-state index contributed by atoms with van der Waals surface area (Å²) >= 11 is 2.90. The summed E-state index contributed by atoms with van der Waals surface area (Å²) in [4.78, 5) is 40.3. The number of benzene rings is 1. The van der Waals surface area contributed by atoms with E-state index < -0.39 is 24.2 Å². The highest BCUT2D eigenvalue weighted by molar-refractivity contribution is 7.98. The monoisotopic (exact) mass is 518 g/mol. The summed E-state index contributed by atoms with van der Waals surface area (Å²) in [6.45, 7) is 0.590. The molecule has 0 saturated heterocycles. The van der Waals surface area contributed by atoms with Crippen LogP contribution in [0.1, 0.15) is 21.8 Å². The van der Waals surface area contributed by atoms with Gasteiger partial charge in [0.05, 0.1) is 23.4 Å². The molecule has 0 spiro atoms. The molecule has 0 radical (unpaired) electrons. The van der Waals surface area contributed by atoms with Gasteiger partial charge in [-0.1, -0.05) is 6.07 Å². The molecule has 2 heterocycles. The van der Waals surface area contributed by atoms with E-state index in [0.717, 1.165) is 21.5 Å². The minimum Gasteiger partial charge on any atom is -0.480 e. The van der Waals surface area contributed by atoms with Gasteiger partial charge in [-0.25, -0.2) is 14.6 Å². The number of nitrogens with one attached hydrogen (secondary N) is 3. The van der Waals surface area contributed by atoms with Gasteiger partial charge in [0, 0.05) is 22.0 Å². The van der Waals surface area contributed by atoms with E-state index in [0.29, 0.717) is 23.6 Å². The third kappa shape index (κ3) is 7.95. The Morgan fingerprint density at radius 3 is 2.53 bits per heavy atom. The van der Waals surface area contributed by atoms with Crippen LogP contribution in [-0.2, 0) is 16.1 Å². The largest absolute Gasteiger partial charge is 0.490 e. The molecule has 9 nitrogen and oxygen atoms in total. The second-order valence-electron chi connectivity index (χ2n) is 6.71. The SMILES string of the molecule is CSCC[C@H](NC(=O)c1cc2c(NCc3cnc[nH]3)cccc2s1)C(=O)O.O=C(O)C(F)(F)F. The molecule has 3 rings (SSSR count). The first-order valence-electron chi connectivity index (χ1n) is 9.59. The normalized spacial score (nSPS) is 11.9. The van der Waals surface area contributed by atoms with Crippen molar-refractivity contribution in [3.8, 4) is 0 Å². The van der Waals surface area contributed by atoms with Crippen molar-refractivity contribution in [2.45, 2.75) is 25.2 Å². The second kappa shape index (κ2) is 12.3. The van der Waals surface area contributed by atoms with E-state index in [1.807, 2.05) is 24.5 Å². The number of halogens is 3. The Hall–Kier alpha value is -3.26. The first-order valence-corrected chi connectivity index (χ1v) is 11.8. The zero-order valence-electron chi connectivity index (χ0n) is 17.7. The Labute approximate surface area is 199 Å². The molecule has 0 fully saturated rings. The molecular formula is C20H21F3N4O5S2. The number of carboxylic acid groups (broad SMARTS) is 2. The number of nitrogens with zero attached hydrogens (tertiary/aromatic N) is 1. The van der Waals surface area contributed by atoms with E-state index in [1.165, 1.54) is 11.3 Å². The van der Waals surface area contributed by atoms with Gasteiger partial charge in [-0.2, -0.15) is 24.9 Å². The smallest absolute Gasteiger partial charge is 0.480 e. The lowest BCUT2D eigenvalue weighted by molar-refractivity contribution is -0.192. The Balaban J connectivity index is 0.000000509. The quantitative estimate of drug-likeness (QED) is 0.288. The number of aromatic amines is 1. The summed E-state index contributed by atoms with van der Waals surface area (Å²) in [5, 5.41) is 23.3. The van der Waals surface area contributed by atoms with E-state index in [4.69, 9.17) is 9.90 Å². The molecule has 0 saturated carbocycles. The standard InChI is InChI=1S/C18H20N4O3S2.C2HF3O2/c1-26-6-5-14(18(24)25)22-17(23)16-7-12-13(3-2-4-15(12)27-16)20-9-11-8-19-10-21-11;3-2(4,5)1(6)7/h2-4,7-8,10,14,20H,5-6,9H2,1H3,(H,19,21)(H,22,23)(H,24,25);(H,6,7)/t14-;/m0./s1. The fraction of sp³-hybridized carbons (Fsp3) is 0.300. The number of amides is 1. The zero-order chi connectivity index (χ0) is 25.3. The maximum absolute atomic E-state index is 12.5. The van der Waals surface area contributed by atoms with Gasteiger partial charge in [0.2, 0.25) is 0 Å². The molecule has 0 unspecified atom stereocenters. The zero-order valence-corrected chi connectivity index (χ0v) is 19.3. The van der Waals surface area contributed by atoms with Crippen LogP contribution in [0.3, 0.4) is 0 Å². The summed E-state index contributed by atoms with van der Waals surface area (Å²) in [6.07, 6.45) is 0.593. The molecule has 184 valence electrons. The van der Waals surface area contributed by atoms with Crippen molar-refractivity contribution in [2.75, 3.05) is 17.3 Å². The summed E-state index contributed by atoms with van der Waals surface area (Å²) in [7, 11) is 0. The third-order valence-corrected chi connectivity index (χ3v) is 6.01. The summed E-state index contributed by atoms with van der Waals surface area (Å²) in [6, 6.07) is 6.74. The number of fused-ring (bicyclic) bond motifs is 1. The number of carboxylic acids is 2. The molecule has 2 aromatic heterocycles. The molecule has 1 atom stereocenters. The molecule has 34 heavy (non-hydrogen) atoms. The molecule has 0 aliphatic rings. The fourth-order valence-electron chi connectivity index (χ4n) is 2.62. The first-order chi connectivity index (χ1) is 16.0. The van der Waals surface area contributed by atoms with Crippen LogP contribution >= 0.6 is 23.1 Å². The van der Waals surface area contributed by atoms with Crippen LogP contribution in [-0.4, -0.2) is 62.3 Å². The number of aromatic nitrogens is 2. The van der Waals surface area contributed by atoms with E-state index in [1.54, 1.807) is 30.4 Å². The highest BCUT2D eigenvalue weighted by atomic mass is 32.2. The van der Waals surface area contributed by atoms with Gasteiger partial charge < -0.3 is 25.8 Å². The average molecular weight is 519 g/mol. The van der Waals surface area contributed by atoms with Gasteiger partial charge in [-0.15, -0.1) is 11.3 Å². The van der Waals surface area contributed by atoms with E-state index in [2.05, 4.69) is 20.6 Å². The number of hydrogen-bond acceptors (Lipinski definition) is 7. The lowest BCUT2D eigenvalue weighted by atomic mass is 10.2. The van der Waals surface area contributed by atoms with Gasteiger partial charge in [0.15, 0.2) is 0 Å². The lowest BCUT2D eigenvalue weighted by Crippen LogP contribution is -2.40. The number of thioether (sulfide) groups is 1. The lowest BCUT2D eigenvalue weighted by Gasteiger charge is -2.12. The van der Waals surface area contributed by atoms with Gasteiger partial charge in [-0.3, -0.25) is 4.79 Å². The third-order valence-electron chi connectivity index (χ3n) is 4.27. The number of anilines is 1. The minimum absolute atomic E-state index is 0.357. The van der Waals surface area contributed by atoms with E-state index in [-0.39, 0.29) is 5.91 Å². The average Bonchev–Trinajstić information content (AvgIpc) is 3.44.